The number of hydrogen-bond donors (Lipinski definition) is 2. The minimum Gasteiger partial charge on any atom is -0.307 e. The van der Waals surface area contributed by atoms with Gasteiger partial charge in [-0.2, -0.15) is 0 Å². The molecule has 10 nitrogen and oxygen atoms in total. The van der Waals surface area contributed by atoms with Crippen molar-refractivity contribution >= 4 is 0 Å². The molecule has 0 radical (unpaired) electrons. The first kappa shape index (κ1) is 20.6. The molecular weight excluding hydrogens is 263 g/mol. The fraction of sp³-hybridized carbons (Fsp3) is 1.00. The highest BCUT2D eigenvalue weighted by Gasteiger charge is 2.05. The molecule has 0 rings (SSSR count). The Hall–Kier alpha value is 0.180. The summed E-state index contributed by atoms with van der Waals surface area (Å²) in [6, 6.07) is 0. The predicted molar refractivity (Wildman–Crippen MR) is 19.9 cm³/mol. The molecule has 0 saturated heterocycles. The summed E-state index contributed by atoms with van der Waals surface area (Å²) in [6.07, 6.45) is 0. The van der Waals surface area contributed by atoms with Crippen molar-refractivity contribution in [1.82, 2.24) is 0 Å². The molecule has 0 aromatic rings. The second kappa shape index (κ2) is 7.45. The molecule has 0 aromatic carbocycles. The summed E-state index contributed by atoms with van der Waals surface area (Å²) in [5.41, 5.74) is 7.32. The van der Waals surface area contributed by atoms with E-state index in [0.29, 0.717) is 0 Å². The van der Waals surface area contributed by atoms with Crippen LogP contribution in [0.15, 0.2) is 0 Å². The lowest BCUT2D eigenvalue weighted by atomic mass is 10.3. The molecule has 0 aliphatic carbocycles. The summed E-state index contributed by atoms with van der Waals surface area (Å²) in [5, 5.41) is 0. The highest BCUT2D eigenvalue weighted by atomic mass is 35.7. The molecule has 0 aliphatic heterocycles. The van der Waals surface area contributed by atoms with Crippen molar-refractivity contribution in [2.24, 2.45) is 0 Å². The maximum Gasteiger partial charge on any atom is 0.210 e. The molecule has 0 amide bonds. The molecule has 0 bridgehead atoms. The zero-order chi connectivity index (χ0) is 13.5. The van der Waals surface area contributed by atoms with Gasteiger partial charge in [-0.3, -0.25) is 0 Å². The average Bonchev–Trinajstić information content (AvgIpc) is 1.41. The third-order valence-electron chi connectivity index (χ3n) is 0. The number of rotatable bonds is 0. The molecule has 12 heteroatoms. The SMILES string of the molecule is CC(C)([NH3+])[NH3+].[O-][Cl+3]([O-])([O-])[O-].[O-][Cl+3]([O-])([O-])[O-]. The molecule has 96 valence electrons. The molecule has 0 spiro atoms. The maximum absolute atomic E-state index is 8.49. The Balaban J connectivity index is -0.000000144. The van der Waals surface area contributed by atoms with Gasteiger partial charge in [-0.05, 0) is 0 Å². The van der Waals surface area contributed by atoms with E-state index in [9.17, 15) is 0 Å². The van der Waals surface area contributed by atoms with Gasteiger partial charge in [0, 0.05) is 13.8 Å². The third-order valence-corrected chi connectivity index (χ3v) is 0. The molecule has 0 fully saturated rings. The number of quaternary nitrogens is 2. The fourth-order valence-corrected chi connectivity index (χ4v) is 0. The van der Waals surface area contributed by atoms with Gasteiger partial charge < -0.3 is 11.5 Å². The van der Waals surface area contributed by atoms with Gasteiger partial charge in [0.05, 0.1) is 0 Å². The van der Waals surface area contributed by atoms with Gasteiger partial charge >= 0.3 is 0 Å². The zero-order valence-electron chi connectivity index (χ0n) is 7.94. The zero-order valence-corrected chi connectivity index (χ0v) is 9.45. The van der Waals surface area contributed by atoms with Gasteiger partial charge in [-0.1, -0.05) is 0 Å². The number of hydrogen-bond acceptors (Lipinski definition) is 8. The van der Waals surface area contributed by atoms with Crippen LogP contribution in [0.1, 0.15) is 13.8 Å². The second-order valence-corrected chi connectivity index (χ2v) is 4.43. The normalized spacial score (nSPS) is 12.0. The highest BCUT2D eigenvalue weighted by Crippen LogP contribution is 1.67. The van der Waals surface area contributed by atoms with Crippen LogP contribution in [0, 0.1) is 20.5 Å². The van der Waals surface area contributed by atoms with Crippen molar-refractivity contribution in [3.63, 3.8) is 0 Å². The topological polar surface area (TPSA) is 240 Å². The predicted octanol–water partition coefficient (Wildman–Crippen LogP) is -11.3. The summed E-state index contributed by atoms with van der Waals surface area (Å²) in [5.74, 6) is 0. The van der Waals surface area contributed by atoms with Gasteiger partial charge in [0.15, 0.2) is 0 Å². The largest absolute Gasteiger partial charge is 0.307 e. The van der Waals surface area contributed by atoms with Crippen LogP contribution in [0.4, 0.5) is 0 Å². The van der Waals surface area contributed by atoms with Crippen LogP contribution < -0.4 is 48.7 Å². The van der Waals surface area contributed by atoms with Crippen molar-refractivity contribution in [2.45, 2.75) is 19.5 Å². The Morgan fingerprint density at radius 1 is 0.667 bits per heavy atom. The smallest absolute Gasteiger partial charge is 0.210 e. The van der Waals surface area contributed by atoms with E-state index in [1.54, 1.807) is 0 Å². The summed E-state index contributed by atoms with van der Waals surface area (Å²) < 4.78 is 67.9. The summed E-state index contributed by atoms with van der Waals surface area (Å²) >= 11 is 0. The average molecular weight is 275 g/mol. The van der Waals surface area contributed by atoms with E-state index < -0.39 is 20.5 Å². The Labute approximate surface area is 89.4 Å². The third kappa shape index (κ3) is 64900. The van der Waals surface area contributed by atoms with E-state index in [-0.39, 0.29) is 5.66 Å². The summed E-state index contributed by atoms with van der Waals surface area (Å²) in [4.78, 5) is 0. The van der Waals surface area contributed by atoms with Crippen LogP contribution in [0.5, 0.6) is 0 Å². The quantitative estimate of drug-likeness (QED) is 0.400. The van der Waals surface area contributed by atoms with Crippen molar-refractivity contribution in [3.8, 4) is 0 Å². The standard InChI is InChI=1S/C3H10N2.2ClHO4/c1-3(2,4)5;2*2-1(3,4)5/h4-5H2,1-2H3;2*(H,2,3,4,5). The van der Waals surface area contributed by atoms with Crippen LogP contribution >= 0.6 is 0 Å². The minimum atomic E-state index is -4.94. The Morgan fingerprint density at radius 2 is 0.667 bits per heavy atom. The van der Waals surface area contributed by atoms with Gasteiger partial charge in [-0.25, -0.2) is 37.3 Å². The first-order valence-electron chi connectivity index (χ1n) is 2.94. The Kier molecular flexibility index (Phi) is 10.2. The van der Waals surface area contributed by atoms with Gasteiger partial charge in [0.1, 0.15) is 0 Å². The second-order valence-electron chi connectivity index (χ2n) is 2.92. The maximum atomic E-state index is 8.49. The molecule has 0 aromatic heterocycles. The highest BCUT2D eigenvalue weighted by molar-refractivity contribution is 4.31. The van der Waals surface area contributed by atoms with Crippen molar-refractivity contribution in [2.75, 3.05) is 0 Å². The molecule has 15 heavy (non-hydrogen) atoms. The molecule has 0 unspecified atom stereocenters. The van der Waals surface area contributed by atoms with Crippen LogP contribution in [0.3, 0.4) is 0 Å². The van der Waals surface area contributed by atoms with E-state index in [2.05, 4.69) is 11.5 Å². The van der Waals surface area contributed by atoms with Crippen molar-refractivity contribution in [1.29, 1.82) is 0 Å². The van der Waals surface area contributed by atoms with Crippen molar-refractivity contribution < 1.29 is 69.2 Å². The van der Waals surface area contributed by atoms with E-state index in [0.717, 1.165) is 0 Å². The molecule has 0 aliphatic rings. The summed E-state index contributed by atoms with van der Waals surface area (Å²) in [7, 11) is -9.89. The lowest BCUT2D eigenvalue weighted by molar-refractivity contribution is -2.00. The number of halogens is 2. The molecule has 0 saturated carbocycles. The van der Waals surface area contributed by atoms with E-state index >= 15 is 0 Å². The molecule has 0 heterocycles. The molecular formula is C3H12Cl2N2O8. The van der Waals surface area contributed by atoms with Crippen LogP contribution in [-0.2, 0) is 0 Å². The van der Waals surface area contributed by atoms with Crippen LogP contribution in [0.2, 0.25) is 0 Å². The Morgan fingerprint density at radius 3 is 0.667 bits per heavy atom. The lowest BCUT2D eigenvalue weighted by Crippen LogP contribution is -2.92. The molecule has 0 atom stereocenters. The monoisotopic (exact) mass is 274 g/mol. The summed E-state index contributed by atoms with van der Waals surface area (Å²) in [6.45, 7) is 3.93. The van der Waals surface area contributed by atoms with E-state index in [1.165, 1.54) is 0 Å². The van der Waals surface area contributed by atoms with Crippen LogP contribution in [-0.4, -0.2) is 5.66 Å². The Bertz CT molecular complexity index is 101. The first-order chi connectivity index (χ1) is 6.00. The van der Waals surface area contributed by atoms with E-state index in [4.69, 9.17) is 37.3 Å². The van der Waals surface area contributed by atoms with Crippen molar-refractivity contribution in [3.05, 3.63) is 0 Å². The van der Waals surface area contributed by atoms with Gasteiger partial charge in [0.2, 0.25) is 5.66 Å². The van der Waals surface area contributed by atoms with Gasteiger partial charge in [0.25, 0.3) is 0 Å². The van der Waals surface area contributed by atoms with Gasteiger partial charge in [-0.15, -0.1) is 20.5 Å². The van der Waals surface area contributed by atoms with Crippen LogP contribution in [0.25, 0.3) is 0 Å². The van der Waals surface area contributed by atoms with E-state index in [1.807, 2.05) is 13.8 Å². The fourth-order valence-electron chi connectivity index (χ4n) is 0. The molecule has 6 N–H and O–H groups in total. The minimum absolute atomic E-state index is 0. The lowest BCUT2D eigenvalue weighted by Gasteiger charge is -2.17. The first-order valence-corrected chi connectivity index (χ1v) is 5.41.